The van der Waals surface area contributed by atoms with E-state index >= 15 is 0 Å². The monoisotopic (exact) mass is 338 g/mol. The molecule has 0 saturated carbocycles. The van der Waals surface area contributed by atoms with Gasteiger partial charge < -0.3 is 10.2 Å². The standard InChI is InChI=1S/C16H16F2N2S2/c1-2-20(13-6-4-3-5-7-13)16(21)19-12-8-10-14(11-9-12)22-15(17)18/h3-11,15H,2H2,1H3,(H,19,21). The summed E-state index contributed by atoms with van der Waals surface area (Å²) in [5.74, 6) is -2.41. The minimum Gasteiger partial charge on any atom is -0.332 e. The van der Waals surface area contributed by atoms with E-state index in [1.54, 1.807) is 24.3 Å². The molecular weight excluding hydrogens is 322 g/mol. The van der Waals surface area contributed by atoms with E-state index in [0.717, 1.165) is 17.9 Å². The second kappa shape index (κ2) is 8.10. The summed E-state index contributed by atoms with van der Waals surface area (Å²) >= 11 is 5.96. The van der Waals surface area contributed by atoms with Gasteiger partial charge in [0.05, 0.1) is 0 Å². The molecule has 0 amide bonds. The molecule has 1 N–H and O–H groups in total. The summed E-state index contributed by atoms with van der Waals surface area (Å²) in [6.45, 7) is 2.75. The zero-order valence-corrected chi connectivity index (χ0v) is 13.6. The number of hydrogen-bond acceptors (Lipinski definition) is 2. The van der Waals surface area contributed by atoms with Crippen LogP contribution in [0.5, 0.6) is 0 Å². The number of alkyl halides is 2. The van der Waals surface area contributed by atoms with Gasteiger partial charge in [-0.1, -0.05) is 30.0 Å². The molecule has 116 valence electrons. The van der Waals surface area contributed by atoms with Crippen molar-refractivity contribution in [3.63, 3.8) is 0 Å². The van der Waals surface area contributed by atoms with Gasteiger partial charge in [0, 0.05) is 22.8 Å². The maximum atomic E-state index is 12.3. The normalized spacial score (nSPS) is 10.5. The average molecular weight is 338 g/mol. The molecular formula is C16H16F2N2S2. The summed E-state index contributed by atoms with van der Waals surface area (Å²) in [6, 6.07) is 16.6. The summed E-state index contributed by atoms with van der Waals surface area (Å²) in [6.07, 6.45) is 0. The van der Waals surface area contributed by atoms with E-state index in [4.69, 9.17) is 12.2 Å². The summed E-state index contributed by atoms with van der Waals surface area (Å²) < 4.78 is 24.6. The first kappa shape index (κ1) is 16.7. The molecule has 0 aliphatic heterocycles. The number of nitrogens with zero attached hydrogens (tertiary/aromatic N) is 1. The van der Waals surface area contributed by atoms with Crippen LogP contribution in [0.3, 0.4) is 0 Å². The molecule has 0 aliphatic carbocycles. The van der Waals surface area contributed by atoms with E-state index in [1.807, 2.05) is 42.2 Å². The van der Waals surface area contributed by atoms with Gasteiger partial charge in [-0.3, -0.25) is 0 Å². The van der Waals surface area contributed by atoms with Crippen LogP contribution in [0.25, 0.3) is 0 Å². The number of thiocarbonyl (C=S) groups is 1. The molecule has 2 aromatic carbocycles. The van der Waals surface area contributed by atoms with Crippen molar-refractivity contribution in [2.24, 2.45) is 0 Å². The fraction of sp³-hybridized carbons (Fsp3) is 0.188. The van der Waals surface area contributed by atoms with Gasteiger partial charge in [0.15, 0.2) is 5.11 Å². The zero-order valence-electron chi connectivity index (χ0n) is 12.0. The first-order valence-electron chi connectivity index (χ1n) is 6.78. The molecule has 0 spiro atoms. The number of benzene rings is 2. The molecule has 2 rings (SSSR count). The van der Waals surface area contributed by atoms with Crippen molar-refractivity contribution in [1.29, 1.82) is 0 Å². The minimum atomic E-state index is -2.41. The average Bonchev–Trinajstić information content (AvgIpc) is 2.50. The maximum Gasteiger partial charge on any atom is 0.288 e. The SMILES string of the molecule is CCN(C(=S)Nc1ccc(SC(F)F)cc1)c1ccccc1. The summed E-state index contributed by atoms with van der Waals surface area (Å²) in [7, 11) is 0. The minimum absolute atomic E-state index is 0.529. The van der Waals surface area contributed by atoms with Gasteiger partial charge in [-0.25, -0.2) is 0 Å². The van der Waals surface area contributed by atoms with Crippen molar-refractivity contribution in [2.75, 3.05) is 16.8 Å². The first-order chi connectivity index (χ1) is 10.6. The lowest BCUT2D eigenvalue weighted by Gasteiger charge is -2.24. The molecule has 2 nitrogen and oxygen atoms in total. The molecule has 0 atom stereocenters. The molecule has 0 bridgehead atoms. The highest BCUT2D eigenvalue weighted by Crippen LogP contribution is 2.26. The molecule has 0 saturated heterocycles. The molecule has 0 aliphatic rings. The first-order valence-corrected chi connectivity index (χ1v) is 8.07. The van der Waals surface area contributed by atoms with Gasteiger partial charge in [0.1, 0.15) is 0 Å². The molecule has 6 heteroatoms. The van der Waals surface area contributed by atoms with Crippen molar-refractivity contribution in [1.82, 2.24) is 0 Å². The Morgan fingerprint density at radius 2 is 1.77 bits per heavy atom. The van der Waals surface area contributed by atoms with E-state index in [2.05, 4.69) is 5.32 Å². The quantitative estimate of drug-likeness (QED) is 0.593. The number of rotatable bonds is 5. The molecule has 0 unspecified atom stereocenters. The Hall–Kier alpha value is -1.66. The molecule has 0 fully saturated rings. The van der Waals surface area contributed by atoms with Crippen LogP contribution in [0.4, 0.5) is 20.2 Å². The summed E-state index contributed by atoms with van der Waals surface area (Å²) in [4.78, 5) is 2.50. The molecule has 2 aromatic rings. The second-order valence-electron chi connectivity index (χ2n) is 4.41. The van der Waals surface area contributed by atoms with Crippen LogP contribution in [0, 0.1) is 0 Å². The summed E-state index contributed by atoms with van der Waals surface area (Å²) in [5, 5.41) is 3.70. The number of halogens is 2. The Kier molecular flexibility index (Phi) is 6.15. The van der Waals surface area contributed by atoms with Gasteiger partial charge in [0.25, 0.3) is 5.76 Å². The molecule has 22 heavy (non-hydrogen) atoms. The van der Waals surface area contributed by atoms with E-state index < -0.39 is 5.76 Å². The van der Waals surface area contributed by atoms with Crippen molar-refractivity contribution < 1.29 is 8.78 Å². The van der Waals surface area contributed by atoms with E-state index in [-0.39, 0.29) is 0 Å². The largest absolute Gasteiger partial charge is 0.332 e. The van der Waals surface area contributed by atoms with Crippen molar-refractivity contribution in [3.8, 4) is 0 Å². The van der Waals surface area contributed by atoms with Gasteiger partial charge >= 0.3 is 0 Å². The Morgan fingerprint density at radius 1 is 1.14 bits per heavy atom. The number of nitrogens with one attached hydrogen (secondary N) is 1. The lowest BCUT2D eigenvalue weighted by Crippen LogP contribution is -2.34. The molecule has 0 radical (unpaired) electrons. The van der Waals surface area contributed by atoms with Gasteiger partial charge in [-0.15, -0.1) is 0 Å². The van der Waals surface area contributed by atoms with Crippen LogP contribution in [-0.2, 0) is 0 Å². The number of thioether (sulfide) groups is 1. The highest BCUT2D eigenvalue weighted by molar-refractivity contribution is 7.99. The zero-order chi connectivity index (χ0) is 15.9. The number of anilines is 2. The Labute approximate surface area is 138 Å². The lowest BCUT2D eigenvalue weighted by atomic mass is 10.3. The van der Waals surface area contributed by atoms with E-state index in [1.165, 1.54) is 0 Å². The van der Waals surface area contributed by atoms with Gasteiger partial charge in [-0.2, -0.15) is 8.78 Å². The van der Waals surface area contributed by atoms with Crippen molar-refractivity contribution in [3.05, 3.63) is 54.6 Å². The summed E-state index contributed by atoms with van der Waals surface area (Å²) in [5.41, 5.74) is 1.78. The van der Waals surface area contributed by atoms with Crippen LogP contribution in [0.15, 0.2) is 59.5 Å². The van der Waals surface area contributed by atoms with Crippen molar-refractivity contribution in [2.45, 2.75) is 17.6 Å². The Bertz CT molecular complexity index is 603. The Morgan fingerprint density at radius 3 is 2.32 bits per heavy atom. The number of para-hydroxylation sites is 1. The fourth-order valence-electron chi connectivity index (χ4n) is 1.96. The highest BCUT2D eigenvalue weighted by atomic mass is 32.2. The van der Waals surface area contributed by atoms with Crippen LogP contribution >= 0.6 is 24.0 Å². The second-order valence-corrected chi connectivity index (χ2v) is 5.86. The third kappa shape index (κ3) is 4.68. The third-order valence-electron chi connectivity index (χ3n) is 2.96. The van der Waals surface area contributed by atoms with Crippen molar-refractivity contribution >= 4 is 40.5 Å². The lowest BCUT2D eigenvalue weighted by molar-refractivity contribution is 0.252. The van der Waals surface area contributed by atoms with Gasteiger partial charge in [-0.05, 0) is 55.5 Å². The van der Waals surface area contributed by atoms with Gasteiger partial charge in [0.2, 0.25) is 0 Å². The smallest absolute Gasteiger partial charge is 0.288 e. The highest BCUT2D eigenvalue weighted by Gasteiger charge is 2.10. The van der Waals surface area contributed by atoms with Crippen LogP contribution in [0.2, 0.25) is 0 Å². The Balaban J connectivity index is 2.04. The van der Waals surface area contributed by atoms with Crippen LogP contribution in [0.1, 0.15) is 6.92 Å². The predicted octanol–water partition coefficient (Wildman–Crippen LogP) is 5.22. The maximum absolute atomic E-state index is 12.3. The van der Waals surface area contributed by atoms with Crippen LogP contribution < -0.4 is 10.2 Å². The third-order valence-corrected chi connectivity index (χ3v) is 4.00. The van der Waals surface area contributed by atoms with Crippen LogP contribution in [-0.4, -0.2) is 17.4 Å². The van der Waals surface area contributed by atoms with E-state index in [9.17, 15) is 8.78 Å². The molecule has 0 heterocycles. The number of hydrogen-bond donors (Lipinski definition) is 1. The molecule has 0 aromatic heterocycles. The predicted molar refractivity (Wildman–Crippen MR) is 94.0 cm³/mol. The topological polar surface area (TPSA) is 15.3 Å². The fourth-order valence-corrected chi connectivity index (χ4v) is 2.81. The van der Waals surface area contributed by atoms with E-state index in [0.29, 0.717) is 21.8 Å².